The lowest BCUT2D eigenvalue weighted by atomic mass is 9.44. The average molecular weight is 469 g/mol. The standard InChI is InChI=1S/C30H44O4/c1-18(2)9-8-10-19(26(33)34)25-22(31)17-30(7)21-11-12-23-27(3,4)24(32)14-15-28(23,5)20(21)13-16-29(25,30)6/h9,11,13,19,22-23,25,31H,8,10,12,14-17H2,1-7H3,(H,33,34)/t19-,22+,23?,25-,28+,29+,30-/m0/s1. The molecule has 4 nitrogen and oxygen atoms in total. The summed E-state index contributed by atoms with van der Waals surface area (Å²) in [6.07, 6.45) is 11.2. The van der Waals surface area contributed by atoms with Gasteiger partial charge in [-0.15, -0.1) is 0 Å². The van der Waals surface area contributed by atoms with Crippen LogP contribution in [0.3, 0.4) is 0 Å². The summed E-state index contributed by atoms with van der Waals surface area (Å²) in [7, 11) is 0. The van der Waals surface area contributed by atoms with E-state index in [1.54, 1.807) is 0 Å². The van der Waals surface area contributed by atoms with Crippen LogP contribution in [0.4, 0.5) is 0 Å². The molecule has 2 N–H and O–H groups in total. The first-order chi connectivity index (χ1) is 15.7. The van der Waals surface area contributed by atoms with Crippen LogP contribution in [0, 0.1) is 39.4 Å². The van der Waals surface area contributed by atoms with Crippen molar-refractivity contribution in [3.05, 3.63) is 34.9 Å². The molecule has 1 unspecified atom stereocenters. The van der Waals surface area contributed by atoms with Crippen LogP contribution >= 0.6 is 0 Å². The van der Waals surface area contributed by atoms with Gasteiger partial charge in [-0.1, -0.05) is 58.4 Å². The van der Waals surface area contributed by atoms with Crippen molar-refractivity contribution in [2.24, 2.45) is 39.4 Å². The molecular weight excluding hydrogens is 424 g/mol. The van der Waals surface area contributed by atoms with E-state index in [1.165, 1.54) is 16.7 Å². The lowest BCUT2D eigenvalue weighted by Crippen LogP contribution is -2.53. The maximum absolute atomic E-state index is 12.8. The van der Waals surface area contributed by atoms with E-state index in [1.807, 2.05) is 13.8 Å². The van der Waals surface area contributed by atoms with E-state index >= 15 is 0 Å². The highest BCUT2D eigenvalue weighted by molar-refractivity contribution is 5.86. The number of Topliss-reactive ketones (excluding diaryl/α,β-unsaturated/α-hetero) is 1. The number of carbonyl (C=O) groups excluding carboxylic acids is 1. The second-order valence-corrected chi connectivity index (χ2v) is 13.1. The zero-order chi connectivity index (χ0) is 25.3. The van der Waals surface area contributed by atoms with Crippen LogP contribution < -0.4 is 0 Å². The molecule has 0 spiro atoms. The van der Waals surface area contributed by atoms with E-state index in [4.69, 9.17) is 0 Å². The van der Waals surface area contributed by atoms with Gasteiger partial charge in [0.1, 0.15) is 5.78 Å². The molecule has 2 saturated carbocycles. The molecule has 4 aliphatic rings. The number of aliphatic hydroxyl groups is 1. The maximum Gasteiger partial charge on any atom is 0.306 e. The fraction of sp³-hybridized carbons (Fsp3) is 0.733. The summed E-state index contributed by atoms with van der Waals surface area (Å²) in [5.41, 5.74) is 2.90. The normalized spacial score (nSPS) is 41.4. The number of ketones is 1. The van der Waals surface area contributed by atoms with Gasteiger partial charge in [-0.2, -0.15) is 0 Å². The van der Waals surface area contributed by atoms with E-state index in [0.29, 0.717) is 25.0 Å². The maximum atomic E-state index is 12.8. The molecule has 0 saturated heterocycles. The van der Waals surface area contributed by atoms with Gasteiger partial charge in [-0.25, -0.2) is 0 Å². The molecule has 4 heteroatoms. The Hall–Kier alpha value is -1.68. The predicted molar refractivity (Wildman–Crippen MR) is 135 cm³/mol. The number of aliphatic hydroxyl groups excluding tert-OH is 1. The van der Waals surface area contributed by atoms with Crippen molar-refractivity contribution >= 4 is 11.8 Å². The molecule has 7 atom stereocenters. The van der Waals surface area contributed by atoms with E-state index in [2.05, 4.69) is 52.8 Å². The number of allylic oxidation sites excluding steroid dienone is 6. The van der Waals surface area contributed by atoms with Gasteiger partial charge in [0.25, 0.3) is 0 Å². The first-order valence-electron chi connectivity index (χ1n) is 13.2. The number of carboxylic acid groups (broad SMARTS) is 1. The van der Waals surface area contributed by atoms with Crippen LogP contribution in [0.15, 0.2) is 34.9 Å². The summed E-state index contributed by atoms with van der Waals surface area (Å²) in [4.78, 5) is 25.2. The number of hydrogen-bond acceptors (Lipinski definition) is 3. The molecule has 0 aromatic heterocycles. The van der Waals surface area contributed by atoms with Crippen molar-refractivity contribution < 1.29 is 19.8 Å². The quantitative estimate of drug-likeness (QED) is 0.452. The van der Waals surface area contributed by atoms with E-state index < -0.39 is 18.0 Å². The zero-order valence-electron chi connectivity index (χ0n) is 22.2. The van der Waals surface area contributed by atoms with Gasteiger partial charge >= 0.3 is 5.97 Å². The van der Waals surface area contributed by atoms with Gasteiger partial charge in [-0.05, 0) is 80.3 Å². The van der Waals surface area contributed by atoms with Crippen LogP contribution in [-0.2, 0) is 9.59 Å². The van der Waals surface area contributed by atoms with E-state index in [-0.39, 0.29) is 33.5 Å². The Morgan fingerprint density at radius 1 is 1.15 bits per heavy atom. The van der Waals surface area contributed by atoms with Crippen LogP contribution in [-0.4, -0.2) is 28.1 Å². The summed E-state index contributed by atoms with van der Waals surface area (Å²) in [6.45, 7) is 15.1. The highest BCUT2D eigenvalue weighted by atomic mass is 16.4. The molecule has 34 heavy (non-hydrogen) atoms. The smallest absolute Gasteiger partial charge is 0.306 e. The third kappa shape index (κ3) is 3.42. The Morgan fingerprint density at radius 3 is 2.44 bits per heavy atom. The molecule has 2 fully saturated rings. The summed E-state index contributed by atoms with van der Waals surface area (Å²) in [5, 5.41) is 21.6. The summed E-state index contributed by atoms with van der Waals surface area (Å²) in [6, 6.07) is 0. The molecule has 0 bridgehead atoms. The highest BCUT2D eigenvalue weighted by Gasteiger charge is 2.66. The summed E-state index contributed by atoms with van der Waals surface area (Å²) < 4.78 is 0. The fourth-order valence-electron chi connectivity index (χ4n) is 8.64. The summed E-state index contributed by atoms with van der Waals surface area (Å²) in [5.74, 6) is -0.984. The van der Waals surface area contributed by atoms with Crippen molar-refractivity contribution in [3.63, 3.8) is 0 Å². The molecule has 0 amide bonds. The Kier molecular flexibility index (Phi) is 6.12. The van der Waals surface area contributed by atoms with Crippen LogP contribution in [0.2, 0.25) is 0 Å². The number of carbonyl (C=O) groups is 2. The Balaban J connectivity index is 1.75. The Morgan fingerprint density at radius 2 is 1.82 bits per heavy atom. The van der Waals surface area contributed by atoms with Gasteiger partial charge in [0.15, 0.2) is 0 Å². The SMILES string of the molecule is CC(C)=CCC[C@H](C(=O)O)[C@H]1[C@H](O)C[C@@]2(C)C3=CCC4C(C)(C)C(=O)CC[C@]4(C)C3=CC[C@]12C. The molecule has 188 valence electrons. The molecule has 4 rings (SSSR count). The van der Waals surface area contributed by atoms with Crippen LogP contribution in [0.25, 0.3) is 0 Å². The average Bonchev–Trinajstić information content (AvgIpc) is 2.94. The first kappa shape index (κ1) is 25.4. The van der Waals surface area contributed by atoms with Crippen LogP contribution in [0.5, 0.6) is 0 Å². The fourth-order valence-corrected chi connectivity index (χ4v) is 8.64. The minimum absolute atomic E-state index is 0.0511. The number of hydrogen-bond donors (Lipinski definition) is 2. The Labute approximate surface area is 205 Å². The van der Waals surface area contributed by atoms with Crippen LogP contribution in [0.1, 0.15) is 93.4 Å². The minimum atomic E-state index is -0.788. The number of fused-ring (bicyclic) bond motifs is 5. The molecule has 4 aliphatic carbocycles. The molecule has 0 aromatic carbocycles. The van der Waals surface area contributed by atoms with Crippen molar-refractivity contribution in [1.29, 1.82) is 0 Å². The third-order valence-corrected chi connectivity index (χ3v) is 10.8. The molecule has 0 aromatic rings. The number of carboxylic acids is 1. The topological polar surface area (TPSA) is 74.6 Å². The van der Waals surface area contributed by atoms with Gasteiger partial charge in [0.05, 0.1) is 12.0 Å². The molecule has 0 heterocycles. The highest BCUT2D eigenvalue weighted by Crippen LogP contribution is 2.71. The lowest BCUT2D eigenvalue weighted by molar-refractivity contribution is -0.148. The van der Waals surface area contributed by atoms with Crippen molar-refractivity contribution in [3.8, 4) is 0 Å². The minimum Gasteiger partial charge on any atom is -0.481 e. The van der Waals surface area contributed by atoms with Gasteiger partial charge in [0, 0.05) is 23.2 Å². The Bertz CT molecular complexity index is 980. The number of aliphatic carboxylic acids is 1. The van der Waals surface area contributed by atoms with Crippen molar-refractivity contribution in [2.75, 3.05) is 0 Å². The first-order valence-corrected chi connectivity index (χ1v) is 13.2. The summed E-state index contributed by atoms with van der Waals surface area (Å²) >= 11 is 0. The van der Waals surface area contributed by atoms with Gasteiger partial charge < -0.3 is 10.2 Å². The van der Waals surface area contributed by atoms with E-state index in [9.17, 15) is 19.8 Å². The molecular formula is C30H44O4. The van der Waals surface area contributed by atoms with Crippen molar-refractivity contribution in [2.45, 2.75) is 99.5 Å². The second-order valence-electron chi connectivity index (χ2n) is 13.1. The number of rotatable bonds is 5. The third-order valence-electron chi connectivity index (χ3n) is 10.8. The van der Waals surface area contributed by atoms with Gasteiger partial charge in [-0.3, -0.25) is 9.59 Å². The van der Waals surface area contributed by atoms with Crippen molar-refractivity contribution in [1.82, 2.24) is 0 Å². The predicted octanol–water partition coefficient (Wildman–Crippen LogP) is 6.50. The zero-order valence-corrected chi connectivity index (χ0v) is 22.2. The monoisotopic (exact) mass is 468 g/mol. The molecule has 0 radical (unpaired) electrons. The second kappa shape index (κ2) is 8.18. The van der Waals surface area contributed by atoms with Gasteiger partial charge in [0.2, 0.25) is 0 Å². The van der Waals surface area contributed by atoms with E-state index in [0.717, 1.165) is 25.7 Å². The largest absolute Gasteiger partial charge is 0.481 e. The lowest BCUT2D eigenvalue weighted by Gasteiger charge is -2.59. The molecule has 0 aliphatic heterocycles.